The molecule has 2 aromatic heterocycles. The van der Waals surface area contributed by atoms with E-state index in [2.05, 4.69) is 15.4 Å². The summed E-state index contributed by atoms with van der Waals surface area (Å²) in [6, 6.07) is 3.77. The van der Waals surface area contributed by atoms with Gasteiger partial charge in [-0.3, -0.25) is 4.79 Å². The van der Waals surface area contributed by atoms with Gasteiger partial charge in [-0.25, -0.2) is 4.68 Å². The molecule has 116 valence electrons. The number of nitrogens with one attached hydrogen (secondary N) is 1. The van der Waals surface area contributed by atoms with Crippen LogP contribution in [0, 0.1) is 5.92 Å². The third kappa shape index (κ3) is 2.52. The van der Waals surface area contributed by atoms with E-state index in [1.165, 1.54) is 6.33 Å². The van der Waals surface area contributed by atoms with Crippen LogP contribution in [0.1, 0.15) is 31.2 Å². The molecular formula is C15H18N4O2S. The maximum Gasteiger partial charge on any atom is 0.317 e. The molecule has 0 radical (unpaired) electrons. The molecule has 0 spiro atoms. The van der Waals surface area contributed by atoms with Crippen LogP contribution < -0.4 is 5.32 Å². The van der Waals surface area contributed by atoms with Crippen LogP contribution in [0.2, 0.25) is 0 Å². The number of aromatic nitrogens is 3. The Hall–Kier alpha value is -2.15. The fourth-order valence-electron chi connectivity index (χ4n) is 2.69. The molecule has 3 rings (SSSR count). The molecule has 1 N–H and O–H groups in total. The lowest BCUT2D eigenvalue weighted by Gasteiger charge is -2.32. The number of carbonyl (C=O) groups excluding carboxylic acids is 1. The van der Waals surface area contributed by atoms with Gasteiger partial charge < -0.3 is 10.1 Å². The first-order chi connectivity index (χ1) is 10.8. The summed E-state index contributed by atoms with van der Waals surface area (Å²) in [7, 11) is 0. The zero-order valence-electron chi connectivity index (χ0n) is 12.5. The van der Waals surface area contributed by atoms with Crippen LogP contribution in [0.15, 0.2) is 35.6 Å². The van der Waals surface area contributed by atoms with Crippen molar-refractivity contribution < 1.29 is 9.53 Å². The van der Waals surface area contributed by atoms with E-state index in [-0.39, 0.29) is 12.0 Å². The molecule has 2 atom stereocenters. The molecule has 1 aliphatic heterocycles. The van der Waals surface area contributed by atoms with E-state index in [1.807, 2.05) is 37.4 Å². The predicted molar refractivity (Wildman–Crippen MR) is 84.6 cm³/mol. The van der Waals surface area contributed by atoms with Gasteiger partial charge in [0.2, 0.25) is 5.95 Å². The SMILES string of the molecule is CC/C=C1/Nc2ncnn2[C@H](c2cccs2)[C@H]1C(=O)OCC. The molecule has 1 aliphatic rings. The summed E-state index contributed by atoms with van der Waals surface area (Å²) in [6.45, 7) is 4.21. The molecule has 6 nitrogen and oxygen atoms in total. The second-order valence-electron chi connectivity index (χ2n) is 4.91. The number of esters is 1. The van der Waals surface area contributed by atoms with E-state index in [9.17, 15) is 4.79 Å². The number of fused-ring (bicyclic) bond motifs is 1. The van der Waals surface area contributed by atoms with E-state index in [0.29, 0.717) is 12.6 Å². The summed E-state index contributed by atoms with van der Waals surface area (Å²) in [4.78, 5) is 17.9. The molecular weight excluding hydrogens is 300 g/mol. The molecule has 0 aliphatic carbocycles. The molecule has 7 heteroatoms. The van der Waals surface area contributed by atoms with Gasteiger partial charge in [-0.05, 0) is 24.8 Å². The summed E-state index contributed by atoms with van der Waals surface area (Å²) in [5.41, 5.74) is 0.833. The summed E-state index contributed by atoms with van der Waals surface area (Å²) in [5.74, 6) is -0.0272. The van der Waals surface area contributed by atoms with Crippen molar-refractivity contribution >= 4 is 23.3 Å². The number of hydrogen-bond donors (Lipinski definition) is 1. The van der Waals surface area contributed by atoms with Crippen LogP contribution in [0.25, 0.3) is 0 Å². The average Bonchev–Trinajstić information content (AvgIpc) is 3.17. The summed E-state index contributed by atoms with van der Waals surface area (Å²) in [5, 5.41) is 9.51. The van der Waals surface area contributed by atoms with Crippen molar-refractivity contribution in [3.63, 3.8) is 0 Å². The average molecular weight is 318 g/mol. The van der Waals surface area contributed by atoms with Crippen LogP contribution in [-0.4, -0.2) is 27.3 Å². The number of nitrogens with zero attached hydrogens (tertiary/aromatic N) is 3. The summed E-state index contributed by atoms with van der Waals surface area (Å²) < 4.78 is 7.07. The Kier molecular flexibility index (Phi) is 4.24. The standard InChI is InChI=1S/C15H18N4O2S/c1-3-6-10-12(14(20)21-4-2)13(11-7-5-8-22-11)19-15(18-10)16-9-17-19/h5-9,12-13H,3-4H2,1-2H3,(H,16,17,18)/b10-6+/t12-,13+/m0/s1. The molecule has 0 saturated heterocycles. The number of ether oxygens (including phenoxy) is 1. The maximum atomic E-state index is 12.6. The van der Waals surface area contributed by atoms with Gasteiger partial charge in [0.05, 0.1) is 6.61 Å². The fourth-order valence-corrected chi connectivity index (χ4v) is 3.54. The van der Waals surface area contributed by atoms with Crippen LogP contribution >= 0.6 is 11.3 Å². The number of thiophene rings is 1. The van der Waals surface area contributed by atoms with Crippen LogP contribution in [0.4, 0.5) is 5.95 Å². The molecule has 0 aromatic carbocycles. The minimum atomic E-state index is -0.437. The number of allylic oxidation sites excluding steroid dienone is 1. The first kappa shape index (κ1) is 14.8. The molecule has 0 saturated carbocycles. The first-order valence-corrected chi connectivity index (χ1v) is 8.20. The highest BCUT2D eigenvalue weighted by atomic mass is 32.1. The molecule has 0 bridgehead atoms. The van der Waals surface area contributed by atoms with Crippen molar-refractivity contribution in [1.29, 1.82) is 0 Å². The van der Waals surface area contributed by atoms with E-state index < -0.39 is 5.92 Å². The lowest BCUT2D eigenvalue weighted by molar-refractivity contribution is -0.147. The highest BCUT2D eigenvalue weighted by Crippen LogP contribution is 2.40. The van der Waals surface area contributed by atoms with E-state index in [0.717, 1.165) is 17.0 Å². The minimum Gasteiger partial charge on any atom is -0.465 e. The topological polar surface area (TPSA) is 69.0 Å². The quantitative estimate of drug-likeness (QED) is 0.878. The Bertz CT molecular complexity index is 678. The Balaban J connectivity index is 2.11. The molecule has 22 heavy (non-hydrogen) atoms. The Labute approximate surface area is 132 Å². The van der Waals surface area contributed by atoms with Crippen LogP contribution in [0.5, 0.6) is 0 Å². The Morgan fingerprint density at radius 3 is 3.09 bits per heavy atom. The van der Waals surface area contributed by atoms with Crippen molar-refractivity contribution in [2.24, 2.45) is 5.92 Å². The largest absolute Gasteiger partial charge is 0.465 e. The van der Waals surface area contributed by atoms with Crippen LogP contribution in [0.3, 0.4) is 0 Å². The van der Waals surface area contributed by atoms with Crippen molar-refractivity contribution in [3.05, 3.63) is 40.5 Å². The van der Waals surface area contributed by atoms with Crippen molar-refractivity contribution in [1.82, 2.24) is 14.8 Å². The van der Waals surface area contributed by atoms with Gasteiger partial charge in [0.15, 0.2) is 0 Å². The van der Waals surface area contributed by atoms with Gasteiger partial charge >= 0.3 is 5.97 Å². The van der Waals surface area contributed by atoms with E-state index >= 15 is 0 Å². The van der Waals surface area contributed by atoms with Crippen molar-refractivity contribution in [2.45, 2.75) is 26.3 Å². The molecule has 0 unspecified atom stereocenters. The van der Waals surface area contributed by atoms with Gasteiger partial charge in [-0.15, -0.1) is 11.3 Å². The summed E-state index contributed by atoms with van der Waals surface area (Å²) >= 11 is 1.60. The van der Waals surface area contributed by atoms with E-state index in [4.69, 9.17) is 4.74 Å². The molecule has 0 fully saturated rings. The smallest absolute Gasteiger partial charge is 0.317 e. The zero-order valence-corrected chi connectivity index (χ0v) is 13.3. The monoisotopic (exact) mass is 318 g/mol. The molecule has 2 aromatic rings. The highest BCUT2D eigenvalue weighted by Gasteiger charge is 2.41. The fraction of sp³-hybridized carbons (Fsp3) is 0.400. The Morgan fingerprint density at radius 1 is 1.55 bits per heavy atom. The van der Waals surface area contributed by atoms with Gasteiger partial charge in [-0.2, -0.15) is 10.1 Å². The number of hydrogen-bond acceptors (Lipinski definition) is 6. The van der Waals surface area contributed by atoms with Crippen molar-refractivity contribution in [2.75, 3.05) is 11.9 Å². The minimum absolute atomic E-state index is 0.226. The number of anilines is 1. The second-order valence-corrected chi connectivity index (χ2v) is 5.89. The normalized spacial score (nSPS) is 22.2. The predicted octanol–water partition coefficient (Wildman–Crippen LogP) is 2.83. The third-order valence-corrected chi connectivity index (χ3v) is 4.49. The van der Waals surface area contributed by atoms with Gasteiger partial charge in [0.25, 0.3) is 0 Å². The maximum absolute atomic E-state index is 12.6. The second kappa shape index (κ2) is 6.31. The van der Waals surface area contributed by atoms with Gasteiger partial charge in [0, 0.05) is 10.6 Å². The van der Waals surface area contributed by atoms with E-state index in [1.54, 1.807) is 16.0 Å². The lowest BCUT2D eigenvalue weighted by atomic mass is 9.92. The first-order valence-electron chi connectivity index (χ1n) is 7.32. The van der Waals surface area contributed by atoms with Crippen LogP contribution in [-0.2, 0) is 9.53 Å². The summed E-state index contributed by atoms with van der Waals surface area (Å²) in [6.07, 6.45) is 4.34. The van der Waals surface area contributed by atoms with Crippen molar-refractivity contribution in [3.8, 4) is 0 Å². The lowest BCUT2D eigenvalue weighted by Crippen LogP contribution is -2.37. The third-order valence-electron chi connectivity index (χ3n) is 3.54. The zero-order chi connectivity index (χ0) is 15.5. The number of rotatable bonds is 4. The Morgan fingerprint density at radius 2 is 2.41 bits per heavy atom. The number of carbonyl (C=O) groups is 1. The van der Waals surface area contributed by atoms with Gasteiger partial charge in [-0.1, -0.05) is 19.1 Å². The molecule has 3 heterocycles. The molecule has 0 amide bonds. The highest BCUT2D eigenvalue weighted by molar-refractivity contribution is 7.10. The van der Waals surface area contributed by atoms with Gasteiger partial charge in [0.1, 0.15) is 18.3 Å².